The molecular weight excluding hydrogens is 278 g/mol. The molecule has 110 valence electrons. The first-order valence-electron chi connectivity index (χ1n) is 6.68. The summed E-state index contributed by atoms with van der Waals surface area (Å²) in [4.78, 5) is 25.3. The maximum absolute atomic E-state index is 12.2. The number of benzene rings is 1. The van der Waals surface area contributed by atoms with Crippen LogP contribution in [0.15, 0.2) is 30.3 Å². The number of aliphatic carboxylic acids is 1. The van der Waals surface area contributed by atoms with Crippen LogP contribution in [0.4, 0.5) is 0 Å². The molecule has 0 spiro atoms. The number of rotatable bonds is 4. The van der Waals surface area contributed by atoms with Crippen molar-refractivity contribution in [2.24, 2.45) is 5.92 Å². The summed E-state index contributed by atoms with van der Waals surface area (Å²) >= 11 is 0. The predicted octanol–water partition coefficient (Wildman–Crippen LogP) is 2.36. The average Bonchev–Trinajstić information content (AvgIpc) is 2.40. The normalized spacial score (nSPS) is 23.1. The molecule has 1 aromatic carbocycles. The fourth-order valence-corrected chi connectivity index (χ4v) is 2.72. The van der Waals surface area contributed by atoms with Crippen LogP contribution in [0, 0.1) is 5.92 Å². The third-order valence-corrected chi connectivity index (χ3v) is 3.73. The van der Waals surface area contributed by atoms with E-state index in [0.717, 1.165) is 5.56 Å². The Bertz CT molecular complexity index is 463. The van der Waals surface area contributed by atoms with Crippen LogP contribution in [0.25, 0.3) is 0 Å². The van der Waals surface area contributed by atoms with Crippen LogP contribution in [0.2, 0.25) is 0 Å². The summed E-state index contributed by atoms with van der Waals surface area (Å²) in [6.45, 7) is 3.30. The second-order valence-electron chi connectivity index (χ2n) is 4.96. The molecule has 1 aliphatic heterocycles. The topological polar surface area (TPSA) is 57.6 Å². The Morgan fingerprint density at radius 3 is 2.55 bits per heavy atom. The van der Waals surface area contributed by atoms with Gasteiger partial charge in [0.05, 0.1) is 6.04 Å². The highest BCUT2D eigenvalue weighted by Gasteiger charge is 2.38. The molecule has 1 N–H and O–H groups in total. The number of hydrogen-bond acceptors (Lipinski definition) is 3. The fourth-order valence-electron chi connectivity index (χ4n) is 2.72. The van der Waals surface area contributed by atoms with Gasteiger partial charge in [-0.1, -0.05) is 37.3 Å². The zero-order chi connectivity index (χ0) is 13.8. The number of halogens is 1. The van der Waals surface area contributed by atoms with Crippen molar-refractivity contribution in [2.45, 2.75) is 32.4 Å². The van der Waals surface area contributed by atoms with Crippen LogP contribution >= 0.6 is 12.4 Å². The molecule has 0 aliphatic carbocycles. The van der Waals surface area contributed by atoms with Crippen LogP contribution in [0.5, 0.6) is 0 Å². The summed E-state index contributed by atoms with van der Waals surface area (Å²) in [5.74, 6) is -1.95. The number of carboxylic acid groups (broad SMARTS) is 1. The number of nitrogens with zero attached hydrogens (tertiary/aromatic N) is 1. The molecule has 2 rings (SSSR count). The molecule has 1 heterocycles. The Labute approximate surface area is 125 Å². The van der Waals surface area contributed by atoms with Gasteiger partial charge in [-0.2, -0.15) is 0 Å². The molecule has 1 aromatic rings. The number of likely N-dealkylation sites (tertiary alicyclic amines) is 1. The lowest BCUT2D eigenvalue weighted by Crippen LogP contribution is -2.50. The molecule has 1 fully saturated rings. The Morgan fingerprint density at radius 2 is 2.00 bits per heavy atom. The average molecular weight is 298 g/mol. The quantitative estimate of drug-likeness (QED) is 0.867. The van der Waals surface area contributed by atoms with Gasteiger partial charge in [-0.3, -0.25) is 14.5 Å². The number of ketones is 1. The van der Waals surface area contributed by atoms with Gasteiger partial charge < -0.3 is 5.11 Å². The smallest absolute Gasteiger partial charge is 0.314 e. The minimum absolute atomic E-state index is 0. The SMILES string of the molecule is CCC1C(=O)C(C(=O)O)CCN1Cc1ccccc1.Cl. The van der Waals surface area contributed by atoms with E-state index in [4.69, 9.17) is 5.11 Å². The van der Waals surface area contributed by atoms with Crippen LogP contribution < -0.4 is 0 Å². The van der Waals surface area contributed by atoms with Gasteiger partial charge in [-0.25, -0.2) is 0 Å². The summed E-state index contributed by atoms with van der Waals surface area (Å²) in [5.41, 5.74) is 1.16. The molecule has 1 saturated heterocycles. The van der Waals surface area contributed by atoms with Crippen LogP contribution in [0.1, 0.15) is 25.3 Å². The highest BCUT2D eigenvalue weighted by atomic mass is 35.5. The van der Waals surface area contributed by atoms with Gasteiger partial charge in [-0.15, -0.1) is 12.4 Å². The fraction of sp³-hybridized carbons (Fsp3) is 0.467. The Kier molecular flexibility index (Phi) is 6.17. The van der Waals surface area contributed by atoms with E-state index in [1.807, 2.05) is 37.3 Å². The van der Waals surface area contributed by atoms with Crippen molar-refractivity contribution >= 4 is 24.2 Å². The highest BCUT2D eigenvalue weighted by Crippen LogP contribution is 2.23. The lowest BCUT2D eigenvalue weighted by molar-refractivity contribution is -0.151. The van der Waals surface area contributed by atoms with E-state index in [2.05, 4.69) is 4.90 Å². The van der Waals surface area contributed by atoms with E-state index < -0.39 is 11.9 Å². The van der Waals surface area contributed by atoms with E-state index in [1.165, 1.54) is 0 Å². The zero-order valence-electron chi connectivity index (χ0n) is 11.5. The van der Waals surface area contributed by atoms with Gasteiger partial charge in [0.15, 0.2) is 5.78 Å². The first-order valence-corrected chi connectivity index (χ1v) is 6.68. The molecule has 0 radical (unpaired) electrons. The molecule has 20 heavy (non-hydrogen) atoms. The molecule has 4 nitrogen and oxygen atoms in total. The molecule has 0 aromatic heterocycles. The lowest BCUT2D eigenvalue weighted by Gasteiger charge is -2.36. The maximum atomic E-state index is 12.2. The van der Waals surface area contributed by atoms with Crippen LogP contribution in [-0.4, -0.2) is 34.3 Å². The van der Waals surface area contributed by atoms with E-state index in [9.17, 15) is 9.59 Å². The van der Waals surface area contributed by atoms with Gasteiger partial charge in [0, 0.05) is 13.1 Å². The summed E-state index contributed by atoms with van der Waals surface area (Å²) in [6, 6.07) is 9.70. The van der Waals surface area contributed by atoms with E-state index in [0.29, 0.717) is 25.9 Å². The van der Waals surface area contributed by atoms with E-state index in [-0.39, 0.29) is 24.2 Å². The summed E-state index contributed by atoms with van der Waals surface area (Å²) in [6.07, 6.45) is 1.08. The van der Waals surface area contributed by atoms with Crippen LogP contribution in [0.3, 0.4) is 0 Å². The minimum atomic E-state index is -0.984. The monoisotopic (exact) mass is 297 g/mol. The number of piperidine rings is 1. The number of carbonyl (C=O) groups is 2. The van der Waals surface area contributed by atoms with Crippen molar-refractivity contribution in [3.05, 3.63) is 35.9 Å². The first-order chi connectivity index (χ1) is 9.13. The second kappa shape index (κ2) is 7.41. The zero-order valence-corrected chi connectivity index (χ0v) is 12.3. The largest absolute Gasteiger partial charge is 0.481 e. The molecule has 2 unspecified atom stereocenters. The van der Waals surface area contributed by atoms with Crippen molar-refractivity contribution in [1.29, 1.82) is 0 Å². The van der Waals surface area contributed by atoms with Crippen molar-refractivity contribution < 1.29 is 14.7 Å². The molecule has 1 aliphatic rings. The first kappa shape index (κ1) is 16.7. The molecular formula is C15H20ClNO3. The van der Waals surface area contributed by atoms with Gasteiger partial charge in [0.1, 0.15) is 5.92 Å². The number of Topliss-reactive ketones (excluding diaryl/α,β-unsaturated/α-hetero) is 1. The van der Waals surface area contributed by atoms with Crippen LogP contribution in [-0.2, 0) is 16.1 Å². The molecule has 5 heteroatoms. The Hall–Kier alpha value is -1.39. The Morgan fingerprint density at radius 1 is 1.35 bits per heavy atom. The second-order valence-corrected chi connectivity index (χ2v) is 4.96. The van der Waals surface area contributed by atoms with Crippen molar-refractivity contribution in [3.8, 4) is 0 Å². The van der Waals surface area contributed by atoms with Gasteiger partial charge >= 0.3 is 5.97 Å². The number of hydrogen-bond donors (Lipinski definition) is 1. The van der Waals surface area contributed by atoms with Crippen molar-refractivity contribution in [1.82, 2.24) is 4.90 Å². The van der Waals surface area contributed by atoms with Crippen molar-refractivity contribution in [3.63, 3.8) is 0 Å². The molecule has 0 amide bonds. The summed E-state index contributed by atoms with van der Waals surface area (Å²) in [5, 5.41) is 9.06. The molecule has 2 atom stereocenters. The number of carbonyl (C=O) groups excluding carboxylic acids is 1. The number of carboxylic acids is 1. The van der Waals surface area contributed by atoms with E-state index in [1.54, 1.807) is 0 Å². The molecule has 0 bridgehead atoms. The third kappa shape index (κ3) is 3.58. The highest BCUT2D eigenvalue weighted by molar-refractivity contribution is 6.01. The van der Waals surface area contributed by atoms with Crippen molar-refractivity contribution in [2.75, 3.05) is 6.54 Å². The standard InChI is InChI=1S/C15H19NO3.ClH/c1-2-13-14(17)12(15(18)19)8-9-16(13)10-11-6-4-3-5-7-11;/h3-7,12-13H,2,8-10H2,1H3,(H,18,19);1H. The van der Waals surface area contributed by atoms with Gasteiger partial charge in [0.2, 0.25) is 0 Å². The third-order valence-electron chi connectivity index (χ3n) is 3.73. The summed E-state index contributed by atoms with van der Waals surface area (Å²) < 4.78 is 0. The maximum Gasteiger partial charge on any atom is 0.314 e. The lowest BCUT2D eigenvalue weighted by atomic mass is 9.88. The minimum Gasteiger partial charge on any atom is -0.481 e. The van der Waals surface area contributed by atoms with E-state index >= 15 is 0 Å². The van der Waals surface area contributed by atoms with Gasteiger partial charge in [0.25, 0.3) is 0 Å². The predicted molar refractivity (Wildman–Crippen MR) is 78.9 cm³/mol. The van der Waals surface area contributed by atoms with Gasteiger partial charge in [-0.05, 0) is 18.4 Å². The Balaban J connectivity index is 0.00000200. The molecule has 0 saturated carbocycles. The summed E-state index contributed by atoms with van der Waals surface area (Å²) in [7, 11) is 0.